The van der Waals surface area contributed by atoms with Crippen LogP contribution in [0.25, 0.3) is 0 Å². The summed E-state index contributed by atoms with van der Waals surface area (Å²) >= 11 is 0. The number of hydrogen-bond acceptors (Lipinski definition) is 4. The average Bonchev–Trinajstić information content (AvgIpc) is 2.91. The van der Waals surface area contributed by atoms with Crippen molar-refractivity contribution in [2.24, 2.45) is 5.92 Å². The third kappa shape index (κ3) is 3.64. The normalized spacial score (nSPS) is 17.0. The lowest BCUT2D eigenvalue weighted by Crippen LogP contribution is -2.35. The molecular formula is C18H24N4O2. The monoisotopic (exact) mass is 328 g/mol. The molecule has 2 aromatic heterocycles. The van der Waals surface area contributed by atoms with E-state index in [0.717, 1.165) is 36.3 Å². The molecule has 1 aliphatic rings. The Balaban J connectivity index is 1.74. The third-order valence-corrected chi connectivity index (χ3v) is 4.39. The molecule has 0 bridgehead atoms. The highest BCUT2D eigenvalue weighted by Crippen LogP contribution is 2.26. The topological polar surface area (TPSA) is 80.0 Å². The molecule has 2 heterocycles. The second kappa shape index (κ2) is 7.13. The molecule has 2 aromatic rings. The molecule has 0 saturated heterocycles. The van der Waals surface area contributed by atoms with Crippen molar-refractivity contribution in [3.63, 3.8) is 0 Å². The van der Waals surface area contributed by atoms with Crippen LogP contribution < -0.4 is 5.32 Å². The molecule has 0 saturated carbocycles. The summed E-state index contributed by atoms with van der Waals surface area (Å²) in [5, 5.41) is 17.3. The largest absolute Gasteiger partial charge is 0.476 e. The van der Waals surface area contributed by atoms with Crippen LogP contribution in [0.15, 0.2) is 24.4 Å². The first-order valence-electron chi connectivity index (χ1n) is 8.49. The summed E-state index contributed by atoms with van der Waals surface area (Å²) < 4.78 is 1.90. The first kappa shape index (κ1) is 16.6. The van der Waals surface area contributed by atoms with Crippen molar-refractivity contribution in [1.82, 2.24) is 20.1 Å². The fourth-order valence-corrected chi connectivity index (χ4v) is 3.28. The van der Waals surface area contributed by atoms with E-state index in [1.807, 2.05) is 22.9 Å². The number of carboxylic acid groups (broad SMARTS) is 1. The minimum Gasteiger partial charge on any atom is -0.476 e. The van der Waals surface area contributed by atoms with Crippen LogP contribution in [0, 0.1) is 5.92 Å². The molecule has 0 aliphatic heterocycles. The standard InChI is InChI=1S/C18H24N4O2/c1-12(2)11-22-16-7-6-13(9-15(16)17(21-22)18(23)24)20-10-14-5-3-4-8-19-14/h3-5,8,12-13,20H,6-7,9-11H2,1-2H3,(H,23,24)/t13-/m0/s1. The number of nitrogens with zero attached hydrogens (tertiary/aromatic N) is 3. The minimum atomic E-state index is -0.931. The molecule has 0 amide bonds. The molecule has 0 unspecified atom stereocenters. The maximum Gasteiger partial charge on any atom is 0.356 e. The zero-order valence-electron chi connectivity index (χ0n) is 14.2. The fourth-order valence-electron chi connectivity index (χ4n) is 3.28. The van der Waals surface area contributed by atoms with E-state index in [1.165, 1.54) is 0 Å². The quantitative estimate of drug-likeness (QED) is 0.850. The molecule has 0 aromatic carbocycles. The SMILES string of the molecule is CC(C)Cn1nc(C(=O)O)c2c1CC[C@H](NCc1ccccn1)C2. The summed E-state index contributed by atoms with van der Waals surface area (Å²) in [4.78, 5) is 15.9. The van der Waals surface area contributed by atoms with Gasteiger partial charge in [-0.25, -0.2) is 4.79 Å². The zero-order chi connectivity index (χ0) is 17.1. The highest BCUT2D eigenvalue weighted by Gasteiger charge is 2.29. The van der Waals surface area contributed by atoms with Gasteiger partial charge in [-0.3, -0.25) is 9.67 Å². The number of carbonyl (C=O) groups is 1. The van der Waals surface area contributed by atoms with E-state index in [-0.39, 0.29) is 11.7 Å². The van der Waals surface area contributed by atoms with Crippen molar-refractivity contribution >= 4 is 5.97 Å². The molecule has 6 heteroatoms. The molecule has 1 aliphatic carbocycles. The molecule has 3 rings (SSSR count). The molecule has 24 heavy (non-hydrogen) atoms. The van der Waals surface area contributed by atoms with Crippen LogP contribution in [0.4, 0.5) is 0 Å². The van der Waals surface area contributed by atoms with Gasteiger partial charge < -0.3 is 10.4 Å². The fraction of sp³-hybridized carbons (Fsp3) is 0.500. The van der Waals surface area contributed by atoms with E-state index in [1.54, 1.807) is 6.20 Å². The Morgan fingerprint density at radius 2 is 2.29 bits per heavy atom. The van der Waals surface area contributed by atoms with Crippen LogP contribution in [-0.2, 0) is 25.9 Å². The number of aromatic nitrogens is 3. The summed E-state index contributed by atoms with van der Waals surface area (Å²) in [5.41, 5.74) is 3.21. The van der Waals surface area contributed by atoms with Gasteiger partial charge in [0.25, 0.3) is 0 Å². The van der Waals surface area contributed by atoms with Crippen LogP contribution in [-0.4, -0.2) is 31.9 Å². The van der Waals surface area contributed by atoms with Gasteiger partial charge in [0.05, 0.1) is 5.69 Å². The number of fused-ring (bicyclic) bond motifs is 1. The summed E-state index contributed by atoms with van der Waals surface area (Å²) in [5.74, 6) is -0.491. The first-order chi connectivity index (χ1) is 11.5. The second-order valence-electron chi connectivity index (χ2n) is 6.80. The minimum absolute atomic E-state index is 0.218. The lowest BCUT2D eigenvalue weighted by Gasteiger charge is -2.24. The van der Waals surface area contributed by atoms with Gasteiger partial charge >= 0.3 is 5.97 Å². The van der Waals surface area contributed by atoms with Crippen molar-refractivity contribution in [3.05, 3.63) is 47.0 Å². The molecule has 2 N–H and O–H groups in total. The van der Waals surface area contributed by atoms with Crippen molar-refractivity contribution in [1.29, 1.82) is 0 Å². The Kier molecular flexibility index (Phi) is 4.94. The van der Waals surface area contributed by atoms with Gasteiger partial charge in [-0.05, 0) is 37.3 Å². The number of nitrogens with one attached hydrogen (secondary N) is 1. The highest BCUT2D eigenvalue weighted by atomic mass is 16.4. The molecule has 6 nitrogen and oxygen atoms in total. The maximum atomic E-state index is 11.6. The van der Waals surface area contributed by atoms with Crippen molar-refractivity contribution in [3.8, 4) is 0 Å². The summed E-state index contributed by atoms with van der Waals surface area (Å²) in [7, 11) is 0. The lowest BCUT2D eigenvalue weighted by molar-refractivity contribution is 0.0688. The summed E-state index contributed by atoms with van der Waals surface area (Å²) in [6.07, 6.45) is 4.35. The summed E-state index contributed by atoms with van der Waals surface area (Å²) in [6.45, 7) is 5.70. The average molecular weight is 328 g/mol. The van der Waals surface area contributed by atoms with Crippen LogP contribution in [0.2, 0.25) is 0 Å². The van der Waals surface area contributed by atoms with Crippen LogP contribution in [0.1, 0.15) is 47.7 Å². The molecule has 0 radical (unpaired) electrons. The van der Waals surface area contributed by atoms with Gasteiger partial charge in [-0.15, -0.1) is 0 Å². The Labute approximate surface area is 141 Å². The van der Waals surface area contributed by atoms with E-state index in [9.17, 15) is 9.90 Å². The first-order valence-corrected chi connectivity index (χ1v) is 8.49. The Hall–Kier alpha value is -2.21. The Bertz CT molecular complexity index is 709. The maximum absolute atomic E-state index is 11.6. The van der Waals surface area contributed by atoms with Crippen molar-refractivity contribution in [2.75, 3.05) is 0 Å². The Morgan fingerprint density at radius 1 is 1.46 bits per heavy atom. The van der Waals surface area contributed by atoms with Gasteiger partial charge in [0.2, 0.25) is 0 Å². The van der Waals surface area contributed by atoms with Crippen LogP contribution in [0.5, 0.6) is 0 Å². The van der Waals surface area contributed by atoms with Gasteiger partial charge in [-0.1, -0.05) is 19.9 Å². The molecular weight excluding hydrogens is 304 g/mol. The second-order valence-corrected chi connectivity index (χ2v) is 6.80. The molecule has 0 spiro atoms. The predicted octanol–water partition coefficient (Wildman–Crippen LogP) is 2.28. The van der Waals surface area contributed by atoms with Crippen molar-refractivity contribution < 1.29 is 9.90 Å². The van der Waals surface area contributed by atoms with Crippen LogP contribution >= 0.6 is 0 Å². The molecule has 0 fully saturated rings. The molecule has 1 atom stereocenters. The van der Waals surface area contributed by atoms with E-state index >= 15 is 0 Å². The number of hydrogen-bond donors (Lipinski definition) is 2. The third-order valence-electron chi connectivity index (χ3n) is 4.39. The number of rotatable bonds is 6. The van der Waals surface area contributed by atoms with Gasteiger partial charge in [0.1, 0.15) is 0 Å². The number of aromatic carboxylic acids is 1. The van der Waals surface area contributed by atoms with E-state index in [4.69, 9.17) is 0 Å². The highest BCUT2D eigenvalue weighted by molar-refractivity contribution is 5.87. The summed E-state index contributed by atoms with van der Waals surface area (Å²) in [6, 6.07) is 6.12. The molecule has 128 valence electrons. The van der Waals surface area contributed by atoms with Crippen LogP contribution in [0.3, 0.4) is 0 Å². The van der Waals surface area contributed by atoms with E-state index in [2.05, 4.69) is 29.2 Å². The smallest absolute Gasteiger partial charge is 0.356 e. The van der Waals surface area contributed by atoms with E-state index in [0.29, 0.717) is 18.9 Å². The predicted molar refractivity (Wildman–Crippen MR) is 90.9 cm³/mol. The van der Waals surface area contributed by atoms with Gasteiger partial charge in [0, 0.05) is 36.6 Å². The zero-order valence-corrected chi connectivity index (χ0v) is 14.2. The van der Waals surface area contributed by atoms with Gasteiger partial charge in [-0.2, -0.15) is 5.10 Å². The number of pyridine rings is 1. The lowest BCUT2D eigenvalue weighted by atomic mass is 9.91. The van der Waals surface area contributed by atoms with Gasteiger partial charge in [0.15, 0.2) is 5.69 Å². The number of carboxylic acids is 1. The van der Waals surface area contributed by atoms with E-state index < -0.39 is 5.97 Å². The Morgan fingerprint density at radius 3 is 2.96 bits per heavy atom. The van der Waals surface area contributed by atoms with Crippen molar-refractivity contribution in [2.45, 2.75) is 52.2 Å².